The number of aliphatic hydroxyl groups excluding tert-OH is 1. The van der Waals surface area contributed by atoms with Crippen molar-refractivity contribution in [2.45, 2.75) is 44.2 Å². The lowest BCUT2D eigenvalue weighted by molar-refractivity contribution is -0.182. The Hall–Kier alpha value is -1.67. The molecule has 1 aromatic rings. The van der Waals surface area contributed by atoms with Crippen LogP contribution in [0.5, 0.6) is 5.75 Å². The fourth-order valence-electron chi connectivity index (χ4n) is 4.78. The van der Waals surface area contributed by atoms with E-state index in [0.717, 1.165) is 58.5 Å². The molecule has 4 atom stereocenters. The number of hydrogen-bond donors (Lipinski definition) is 1. The average Bonchev–Trinajstić information content (AvgIpc) is 3.14. The molecule has 0 unspecified atom stereocenters. The molecule has 29 heavy (non-hydrogen) atoms. The first-order chi connectivity index (χ1) is 14.1. The van der Waals surface area contributed by atoms with E-state index in [0.29, 0.717) is 23.1 Å². The number of carbonyl (C=O) groups is 1. The van der Waals surface area contributed by atoms with Crippen LogP contribution in [0.1, 0.15) is 36.0 Å². The van der Waals surface area contributed by atoms with Gasteiger partial charge in [-0.05, 0) is 49.3 Å². The summed E-state index contributed by atoms with van der Waals surface area (Å²) in [5.74, 6) is 1.22. The van der Waals surface area contributed by atoms with Crippen molar-refractivity contribution in [3.05, 3.63) is 29.8 Å². The van der Waals surface area contributed by atoms with Crippen LogP contribution in [-0.4, -0.2) is 74.4 Å². The van der Waals surface area contributed by atoms with Gasteiger partial charge in [-0.15, -0.1) is 0 Å². The number of hydrogen-bond acceptors (Lipinski definition) is 7. The summed E-state index contributed by atoms with van der Waals surface area (Å²) in [6.07, 6.45) is 2.61. The van der Waals surface area contributed by atoms with Crippen molar-refractivity contribution in [1.29, 1.82) is 0 Å². The Labute approximate surface area is 171 Å². The van der Waals surface area contributed by atoms with E-state index in [2.05, 4.69) is 4.90 Å². The minimum absolute atomic E-state index is 0.0739. The van der Waals surface area contributed by atoms with Crippen LogP contribution in [0.4, 0.5) is 0 Å². The van der Waals surface area contributed by atoms with Crippen LogP contribution in [0.25, 0.3) is 0 Å². The molecule has 0 aromatic heterocycles. The smallest absolute Gasteiger partial charge is 0.337 e. The minimum Gasteiger partial charge on any atom is -0.488 e. The Morgan fingerprint density at radius 3 is 2.72 bits per heavy atom. The zero-order valence-electron chi connectivity index (χ0n) is 17.0. The molecule has 2 saturated heterocycles. The second-order valence-corrected chi connectivity index (χ2v) is 8.31. The number of likely N-dealkylation sites (tertiary alicyclic amines) is 1. The van der Waals surface area contributed by atoms with E-state index in [1.807, 2.05) is 6.07 Å². The van der Waals surface area contributed by atoms with E-state index >= 15 is 0 Å². The fraction of sp³-hybridized carbons (Fsp3) is 0.682. The molecule has 1 N–H and O–H groups in total. The van der Waals surface area contributed by atoms with Gasteiger partial charge in [-0.3, -0.25) is 0 Å². The van der Waals surface area contributed by atoms with Gasteiger partial charge in [0.1, 0.15) is 11.9 Å². The molecule has 0 amide bonds. The van der Waals surface area contributed by atoms with Crippen molar-refractivity contribution in [1.82, 2.24) is 4.90 Å². The third kappa shape index (κ3) is 5.09. The van der Waals surface area contributed by atoms with E-state index in [4.69, 9.17) is 18.9 Å². The molecule has 0 spiro atoms. The highest BCUT2D eigenvalue weighted by atomic mass is 16.7. The van der Waals surface area contributed by atoms with Gasteiger partial charge in [0.15, 0.2) is 6.29 Å². The van der Waals surface area contributed by atoms with Gasteiger partial charge < -0.3 is 29.0 Å². The molecule has 160 valence electrons. The SMILES string of the molecule is COC(=O)c1cccc(O[C@@H]2C[C@@H]3CN(CCC4OCCCO4)C[C@@H]3C[C@H]2O)c1. The van der Waals surface area contributed by atoms with Crippen LogP contribution < -0.4 is 4.74 Å². The first kappa shape index (κ1) is 20.6. The predicted octanol–water partition coefficient (Wildman–Crippen LogP) is 2.08. The topological polar surface area (TPSA) is 77.5 Å². The van der Waals surface area contributed by atoms with Crippen LogP contribution >= 0.6 is 0 Å². The summed E-state index contributed by atoms with van der Waals surface area (Å²) in [6.45, 7) is 4.57. The van der Waals surface area contributed by atoms with Crippen LogP contribution in [-0.2, 0) is 14.2 Å². The molecule has 7 nitrogen and oxygen atoms in total. The van der Waals surface area contributed by atoms with E-state index in [9.17, 15) is 9.90 Å². The first-order valence-electron chi connectivity index (χ1n) is 10.6. The highest BCUT2D eigenvalue weighted by molar-refractivity contribution is 5.89. The molecule has 1 aromatic carbocycles. The van der Waals surface area contributed by atoms with Gasteiger partial charge in [-0.25, -0.2) is 4.79 Å². The van der Waals surface area contributed by atoms with Gasteiger partial charge in [0.2, 0.25) is 0 Å². The summed E-state index contributed by atoms with van der Waals surface area (Å²) in [5.41, 5.74) is 0.451. The molecular formula is C22H31NO6. The monoisotopic (exact) mass is 405 g/mol. The summed E-state index contributed by atoms with van der Waals surface area (Å²) >= 11 is 0. The van der Waals surface area contributed by atoms with Gasteiger partial charge in [0.05, 0.1) is 32.0 Å². The lowest BCUT2D eigenvalue weighted by atomic mass is 9.78. The standard InChI is InChI=1S/C22H31NO6/c1-26-22(25)15-4-2-5-18(10-15)29-20-12-17-14-23(13-16(17)11-19(20)24)7-6-21-27-8-3-9-28-21/h2,4-5,10,16-17,19-21,24H,3,6-9,11-14H2,1H3/t16-,17+,19+,20+/m0/s1. The summed E-state index contributed by atoms with van der Waals surface area (Å²) in [5, 5.41) is 10.6. The predicted molar refractivity (Wildman–Crippen MR) is 106 cm³/mol. The lowest BCUT2D eigenvalue weighted by Gasteiger charge is -2.35. The largest absolute Gasteiger partial charge is 0.488 e. The Morgan fingerprint density at radius 1 is 1.21 bits per heavy atom. The maximum absolute atomic E-state index is 11.7. The van der Waals surface area contributed by atoms with Crippen LogP contribution in [0, 0.1) is 11.8 Å². The lowest BCUT2D eigenvalue weighted by Crippen LogP contribution is -2.42. The van der Waals surface area contributed by atoms with Crippen molar-refractivity contribution in [2.75, 3.05) is 40.0 Å². The van der Waals surface area contributed by atoms with Gasteiger partial charge in [-0.2, -0.15) is 0 Å². The second-order valence-electron chi connectivity index (χ2n) is 8.31. The van der Waals surface area contributed by atoms with Crippen LogP contribution in [0.3, 0.4) is 0 Å². The summed E-state index contributed by atoms with van der Waals surface area (Å²) in [7, 11) is 1.36. The molecule has 4 rings (SSSR count). The third-order valence-corrected chi connectivity index (χ3v) is 6.28. The number of esters is 1. The number of fused-ring (bicyclic) bond motifs is 1. The minimum atomic E-state index is -0.497. The Kier molecular flexibility index (Phi) is 6.70. The number of nitrogens with zero attached hydrogens (tertiary/aromatic N) is 1. The first-order valence-corrected chi connectivity index (χ1v) is 10.6. The summed E-state index contributed by atoms with van der Waals surface area (Å²) in [6, 6.07) is 6.96. The van der Waals surface area contributed by atoms with Gasteiger partial charge >= 0.3 is 5.97 Å². The van der Waals surface area contributed by atoms with Crippen LogP contribution in [0.15, 0.2) is 24.3 Å². The van der Waals surface area contributed by atoms with E-state index in [-0.39, 0.29) is 12.4 Å². The Morgan fingerprint density at radius 2 is 1.97 bits per heavy atom. The molecule has 0 radical (unpaired) electrons. The second kappa shape index (κ2) is 9.43. The number of aliphatic hydroxyl groups is 1. The van der Waals surface area contributed by atoms with E-state index < -0.39 is 12.1 Å². The average molecular weight is 405 g/mol. The molecule has 3 aliphatic rings. The van der Waals surface area contributed by atoms with Crippen molar-refractivity contribution in [3.8, 4) is 5.75 Å². The molecule has 1 saturated carbocycles. The maximum Gasteiger partial charge on any atom is 0.337 e. The summed E-state index contributed by atoms with van der Waals surface area (Å²) in [4.78, 5) is 14.2. The number of ether oxygens (including phenoxy) is 4. The molecule has 7 heteroatoms. The zero-order chi connectivity index (χ0) is 20.2. The molecule has 0 bridgehead atoms. The Balaban J connectivity index is 1.30. The molecule has 2 aliphatic heterocycles. The van der Waals surface area contributed by atoms with E-state index in [1.165, 1.54) is 7.11 Å². The van der Waals surface area contributed by atoms with Crippen molar-refractivity contribution < 1.29 is 28.8 Å². The molecule has 1 aliphatic carbocycles. The van der Waals surface area contributed by atoms with E-state index in [1.54, 1.807) is 18.2 Å². The molecule has 2 heterocycles. The highest BCUT2D eigenvalue weighted by Gasteiger charge is 2.42. The van der Waals surface area contributed by atoms with Gasteiger partial charge in [0.25, 0.3) is 0 Å². The molecular weight excluding hydrogens is 374 g/mol. The van der Waals surface area contributed by atoms with Crippen LogP contribution in [0.2, 0.25) is 0 Å². The Bertz CT molecular complexity index is 692. The number of carbonyl (C=O) groups excluding carboxylic acids is 1. The quantitative estimate of drug-likeness (QED) is 0.726. The summed E-state index contributed by atoms with van der Waals surface area (Å²) < 4.78 is 22.2. The zero-order valence-corrected chi connectivity index (χ0v) is 17.0. The highest BCUT2D eigenvalue weighted by Crippen LogP contribution is 2.38. The molecule has 3 fully saturated rings. The number of methoxy groups -OCH3 is 1. The number of benzene rings is 1. The third-order valence-electron chi connectivity index (χ3n) is 6.28. The normalized spacial score (nSPS) is 30.7. The van der Waals surface area contributed by atoms with Crippen molar-refractivity contribution in [2.24, 2.45) is 11.8 Å². The fourth-order valence-corrected chi connectivity index (χ4v) is 4.78. The van der Waals surface area contributed by atoms with Gasteiger partial charge in [-0.1, -0.05) is 6.07 Å². The maximum atomic E-state index is 11.7. The number of rotatable bonds is 6. The van der Waals surface area contributed by atoms with Gasteiger partial charge in [0, 0.05) is 26.1 Å². The van der Waals surface area contributed by atoms with Crippen molar-refractivity contribution in [3.63, 3.8) is 0 Å². The van der Waals surface area contributed by atoms with Crippen molar-refractivity contribution >= 4 is 5.97 Å².